The highest BCUT2D eigenvalue weighted by Gasteiger charge is 2.54. The Morgan fingerprint density at radius 2 is 2.17 bits per heavy atom. The second-order valence-electron chi connectivity index (χ2n) is 8.94. The first-order valence-corrected chi connectivity index (χ1v) is 10.7. The Hall–Kier alpha value is -2.69. The molecule has 1 saturated heterocycles. The van der Waals surface area contributed by atoms with Crippen LogP contribution in [-0.4, -0.2) is 32.7 Å². The maximum absolute atomic E-state index is 12.5. The van der Waals surface area contributed by atoms with Gasteiger partial charge in [0.15, 0.2) is 5.76 Å². The number of benzene rings is 1. The summed E-state index contributed by atoms with van der Waals surface area (Å²) in [7, 11) is 1.71. The SMILES string of the molecule is COc1cccc(N2C[C@@H]3C(CCNC(=O)c4cc5c(o4)C4CC4C=C5)[C@@H]3C2)c1.[HH]. The van der Waals surface area contributed by atoms with E-state index in [4.69, 9.17) is 9.15 Å². The quantitative estimate of drug-likeness (QED) is 0.802. The van der Waals surface area contributed by atoms with Crippen LogP contribution in [-0.2, 0) is 0 Å². The summed E-state index contributed by atoms with van der Waals surface area (Å²) in [5.74, 6) is 5.70. The van der Waals surface area contributed by atoms with Crippen molar-refractivity contribution in [3.63, 3.8) is 0 Å². The van der Waals surface area contributed by atoms with Crippen LogP contribution in [0.4, 0.5) is 5.69 Å². The van der Waals surface area contributed by atoms with Gasteiger partial charge in [0.25, 0.3) is 5.91 Å². The van der Waals surface area contributed by atoms with Crippen LogP contribution in [0.25, 0.3) is 6.08 Å². The number of piperidine rings is 1. The van der Waals surface area contributed by atoms with Crippen molar-refractivity contribution in [2.24, 2.45) is 23.7 Å². The van der Waals surface area contributed by atoms with Crippen molar-refractivity contribution in [2.45, 2.75) is 18.8 Å². The summed E-state index contributed by atoms with van der Waals surface area (Å²) >= 11 is 0. The van der Waals surface area contributed by atoms with E-state index >= 15 is 0 Å². The molecule has 0 spiro atoms. The average Bonchev–Trinajstić information content (AvgIpc) is 3.54. The fourth-order valence-corrected chi connectivity index (χ4v) is 5.44. The van der Waals surface area contributed by atoms with Crippen LogP contribution >= 0.6 is 0 Å². The third-order valence-corrected chi connectivity index (χ3v) is 7.27. The molecule has 2 heterocycles. The smallest absolute Gasteiger partial charge is 0.287 e. The molecule has 4 aliphatic rings. The van der Waals surface area contributed by atoms with Crippen LogP contribution < -0.4 is 15.0 Å². The van der Waals surface area contributed by atoms with Gasteiger partial charge >= 0.3 is 0 Å². The molecule has 2 saturated carbocycles. The van der Waals surface area contributed by atoms with E-state index in [1.54, 1.807) is 7.11 Å². The molecule has 5 atom stereocenters. The molecule has 1 aliphatic heterocycles. The standard InChI is InChI=1S/C24H26N2O3.H2/c1-28-17-4-2-3-16(11-17)26-12-20-18(21(20)13-26)7-8-25-24(27)22-10-15-6-5-14-9-19(14)23(15)29-22;/h2-6,10-11,14,18-21H,7-9,12-13H2,1H3,(H,25,27);1H/t14?,18?,19?,20-,21+;. The molecular formula is C24H28N2O3. The summed E-state index contributed by atoms with van der Waals surface area (Å²) in [6.45, 7) is 2.94. The van der Waals surface area contributed by atoms with E-state index in [0.29, 0.717) is 17.6 Å². The van der Waals surface area contributed by atoms with Gasteiger partial charge in [-0.3, -0.25) is 4.79 Å². The minimum Gasteiger partial charge on any atom is -0.497 e. The Morgan fingerprint density at radius 3 is 3.00 bits per heavy atom. The van der Waals surface area contributed by atoms with Gasteiger partial charge in [-0.05, 0) is 54.7 Å². The molecule has 5 nitrogen and oxygen atoms in total. The Morgan fingerprint density at radius 1 is 1.31 bits per heavy atom. The molecule has 152 valence electrons. The number of ether oxygens (including phenoxy) is 1. The number of anilines is 1. The van der Waals surface area contributed by atoms with Crippen molar-refractivity contribution in [2.75, 3.05) is 31.6 Å². The Kier molecular flexibility index (Phi) is 3.80. The number of allylic oxidation sites excluding steroid dienone is 1. The zero-order chi connectivity index (χ0) is 19.5. The number of hydrogen-bond acceptors (Lipinski definition) is 4. The number of methoxy groups -OCH3 is 1. The minimum atomic E-state index is -0.0752. The lowest BCUT2D eigenvalue weighted by Gasteiger charge is -2.22. The first-order valence-electron chi connectivity index (χ1n) is 10.7. The van der Waals surface area contributed by atoms with Crippen LogP contribution in [0.1, 0.15) is 42.1 Å². The summed E-state index contributed by atoms with van der Waals surface area (Å²) in [5, 5.41) is 3.07. The highest BCUT2D eigenvalue weighted by Crippen LogP contribution is 2.54. The normalized spacial score (nSPS) is 30.4. The molecule has 1 amide bonds. The number of rotatable bonds is 6. The van der Waals surface area contributed by atoms with Gasteiger partial charge in [-0.2, -0.15) is 0 Å². The predicted molar refractivity (Wildman–Crippen MR) is 113 cm³/mol. The van der Waals surface area contributed by atoms with Crippen molar-refractivity contribution < 1.29 is 15.4 Å². The summed E-state index contributed by atoms with van der Waals surface area (Å²) in [5.41, 5.74) is 2.33. The molecule has 1 aromatic heterocycles. The lowest BCUT2D eigenvalue weighted by atomic mass is 10.1. The monoisotopic (exact) mass is 392 g/mol. The number of nitrogens with one attached hydrogen (secondary N) is 1. The number of amides is 1. The third-order valence-electron chi connectivity index (χ3n) is 7.27. The topological polar surface area (TPSA) is 54.7 Å². The Labute approximate surface area is 172 Å². The van der Waals surface area contributed by atoms with Crippen LogP contribution in [0.2, 0.25) is 0 Å². The van der Waals surface area contributed by atoms with E-state index in [-0.39, 0.29) is 7.33 Å². The zero-order valence-corrected chi connectivity index (χ0v) is 16.6. The summed E-state index contributed by atoms with van der Waals surface area (Å²) in [6.07, 6.45) is 6.56. The fraction of sp³-hybridized carbons (Fsp3) is 0.458. The maximum atomic E-state index is 12.5. The molecule has 3 aliphatic carbocycles. The van der Waals surface area contributed by atoms with Gasteiger partial charge in [-0.15, -0.1) is 0 Å². The second kappa shape index (κ2) is 6.41. The van der Waals surface area contributed by atoms with Crippen molar-refractivity contribution in [1.29, 1.82) is 0 Å². The number of fused-ring (bicyclic) bond motifs is 4. The van der Waals surface area contributed by atoms with Gasteiger partial charge < -0.3 is 19.4 Å². The predicted octanol–water partition coefficient (Wildman–Crippen LogP) is 4.17. The molecule has 2 aromatic rings. The molecule has 0 bridgehead atoms. The van der Waals surface area contributed by atoms with Crippen molar-refractivity contribution in [1.82, 2.24) is 5.32 Å². The first kappa shape index (κ1) is 17.2. The van der Waals surface area contributed by atoms with E-state index < -0.39 is 0 Å². The summed E-state index contributed by atoms with van der Waals surface area (Å²) in [6, 6.07) is 10.2. The molecule has 29 heavy (non-hydrogen) atoms. The fourth-order valence-electron chi connectivity index (χ4n) is 5.44. The van der Waals surface area contributed by atoms with E-state index in [0.717, 1.165) is 67.3 Å². The molecule has 5 heteroatoms. The Bertz CT molecular complexity index is 988. The number of hydrogen-bond donors (Lipinski definition) is 1. The van der Waals surface area contributed by atoms with Gasteiger partial charge in [0.05, 0.1) is 7.11 Å². The van der Waals surface area contributed by atoms with Crippen LogP contribution in [0.5, 0.6) is 5.75 Å². The highest BCUT2D eigenvalue weighted by atomic mass is 16.5. The lowest BCUT2D eigenvalue weighted by Crippen LogP contribution is -2.27. The number of carbonyl (C=O) groups is 1. The summed E-state index contributed by atoms with van der Waals surface area (Å²) in [4.78, 5) is 14.9. The van der Waals surface area contributed by atoms with Gasteiger partial charge in [0.2, 0.25) is 0 Å². The van der Waals surface area contributed by atoms with E-state index in [9.17, 15) is 4.79 Å². The van der Waals surface area contributed by atoms with Gasteiger partial charge in [-0.25, -0.2) is 0 Å². The zero-order valence-electron chi connectivity index (χ0n) is 16.6. The van der Waals surface area contributed by atoms with Crippen molar-refractivity contribution in [3.8, 4) is 5.75 Å². The molecule has 0 radical (unpaired) electrons. The van der Waals surface area contributed by atoms with Gasteiger partial charge in [0.1, 0.15) is 11.5 Å². The largest absolute Gasteiger partial charge is 0.497 e. The molecule has 1 aromatic carbocycles. The molecule has 3 unspecified atom stereocenters. The van der Waals surface area contributed by atoms with Crippen LogP contribution in [0.15, 0.2) is 40.8 Å². The average molecular weight is 392 g/mol. The van der Waals surface area contributed by atoms with Gasteiger partial charge in [0, 0.05) is 44.3 Å². The van der Waals surface area contributed by atoms with E-state index in [2.05, 4.69) is 40.6 Å². The maximum Gasteiger partial charge on any atom is 0.287 e. The number of carbonyl (C=O) groups excluding carboxylic acids is 1. The van der Waals surface area contributed by atoms with Crippen LogP contribution in [0.3, 0.4) is 0 Å². The first-order chi connectivity index (χ1) is 14.2. The molecule has 6 rings (SSSR count). The van der Waals surface area contributed by atoms with Crippen LogP contribution in [0, 0.1) is 23.7 Å². The van der Waals surface area contributed by atoms with Crippen molar-refractivity contribution >= 4 is 17.7 Å². The third kappa shape index (κ3) is 2.95. The lowest BCUT2D eigenvalue weighted by molar-refractivity contribution is 0.0922. The molecular weight excluding hydrogens is 364 g/mol. The minimum absolute atomic E-state index is 0. The van der Waals surface area contributed by atoms with Gasteiger partial charge in [-0.1, -0.05) is 18.2 Å². The van der Waals surface area contributed by atoms with E-state index in [1.165, 1.54) is 5.69 Å². The number of furan rings is 1. The Balaban J connectivity index is 0.00000193. The number of nitrogens with zero attached hydrogens (tertiary/aromatic N) is 1. The van der Waals surface area contributed by atoms with Crippen molar-refractivity contribution in [3.05, 3.63) is 53.5 Å². The summed E-state index contributed by atoms with van der Waals surface area (Å²) < 4.78 is 11.2. The molecule has 1 N–H and O–H groups in total. The molecule has 3 fully saturated rings. The van der Waals surface area contributed by atoms with E-state index in [1.807, 2.05) is 12.1 Å². The highest BCUT2D eigenvalue weighted by molar-refractivity contribution is 5.92. The second-order valence-corrected chi connectivity index (χ2v) is 8.94.